The number of nitrogen functional groups attached to an aromatic ring is 2. The van der Waals surface area contributed by atoms with E-state index >= 15 is 0 Å². The molecule has 86 valence electrons. The third kappa shape index (κ3) is 3.11. The smallest absolute Gasteiger partial charge is 0.125 e. The highest BCUT2D eigenvalue weighted by molar-refractivity contribution is 5.60. The summed E-state index contributed by atoms with van der Waals surface area (Å²) in [7, 11) is 4.01. The molecule has 0 atom stereocenters. The Morgan fingerprint density at radius 1 is 1.44 bits per heavy atom. The minimum atomic E-state index is 0.372. The maximum absolute atomic E-state index is 8.98. The first-order valence-electron chi connectivity index (χ1n) is 5.14. The molecular weight excluding hydrogens is 202 g/mol. The van der Waals surface area contributed by atoms with E-state index < -0.39 is 0 Å². The van der Waals surface area contributed by atoms with Gasteiger partial charge in [-0.15, -0.1) is 0 Å². The zero-order valence-electron chi connectivity index (χ0n) is 9.70. The van der Waals surface area contributed by atoms with Crippen LogP contribution in [0.4, 0.5) is 11.5 Å². The van der Waals surface area contributed by atoms with Gasteiger partial charge in [0.05, 0.1) is 16.9 Å². The monoisotopic (exact) mass is 219 g/mol. The first-order valence-corrected chi connectivity index (χ1v) is 5.14. The van der Waals surface area contributed by atoms with Crippen molar-refractivity contribution in [2.45, 2.75) is 12.8 Å². The number of hydrogen-bond acceptors (Lipinski definition) is 5. The molecule has 1 rings (SSSR count). The van der Waals surface area contributed by atoms with E-state index in [1.807, 2.05) is 14.1 Å². The second kappa shape index (κ2) is 5.33. The molecule has 0 aromatic carbocycles. The van der Waals surface area contributed by atoms with Crippen LogP contribution < -0.4 is 11.5 Å². The minimum absolute atomic E-state index is 0.372. The normalized spacial score (nSPS) is 10.4. The van der Waals surface area contributed by atoms with Crippen molar-refractivity contribution in [3.8, 4) is 6.07 Å². The van der Waals surface area contributed by atoms with Crippen LogP contribution in [0.25, 0.3) is 0 Å². The molecule has 1 aromatic rings. The van der Waals surface area contributed by atoms with Crippen LogP contribution in [0.1, 0.15) is 17.7 Å². The molecule has 0 radical (unpaired) electrons. The molecule has 0 bridgehead atoms. The van der Waals surface area contributed by atoms with E-state index in [0.717, 1.165) is 19.4 Å². The van der Waals surface area contributed by atoms with Crippen LogP contribution in [-0.2, 0) is 6.42 Å². The summed E-state index contributed by atoms with van der Waals surface area (Å²) in [5.74, 6) is 0.372. The highest BCUT2D eigenvalue weighted by atomic mass is 15.0. The van der Waals surface area contributed by atoms with Crippen molar-refractivity contribution in [3.05, 3.63) is 17.3 Å². The number of nitriles is 1. The zero-order chi connectivity index (χ0) is 12.1. The molecule has 0 aliphatic carbocycles. The first-order chi connectivity index (χ1) is 7.54. The van der Waals surface area contributed by atoms with Crippen molar-refractivity contribution in [1.82, 2.24) is 9.88 Å². The topological polar surface area (TPSA) is 92.0 Å². The first kappa shape index (κ1) is 12.3. The fraction of sp³-hybridized carbons (Fsp3) is 0.455. The number of nitrogens with zero attached hydrogens (tertiary/aromatic N) is 3. The van der Waals surface area contributed by atoms with Crippen LogP contribution in [0.2, 0.25) is 0 Å². The van der Waals surface area contributed by atoms with E-state index in [1.165, 1.54) is 6.07 Å². The van der Waals surface area contributed by atoms with E-state index in [9.17, 15) is 0 Å². The summed E-state index contributed by atoms with van der Waals surface area (Å²) in [6, 6.07) is 3.59. The Kier molecular flexibility index (Phi) is 4.09. The summed E-state index contributed by atoms with van der Waals surface area (Å²) in [5.41, 5.74) is 12.9. The molecule has 4 N–H and O–H groups in total. The molecule has 1 aromatic heterocycles. The van der Waals surface area contributed by atoms with Gasteiger partial charge < -0.3 is 16.4 Å². The molecule has 0 unspecified atom stereocenters. The van der Waals surface area contributed by atoms with E-state index in [2.05, 4.69) is 16.0 Å². The van der Waals surface area contributed by atoms with Gasteiger partial charge in [-0.2, -0.15) is 5.26 Å². The molecular formula is C11H17N5. The standard InChI is InChI=1S/C11H17N5/c1-16(2)5-3-4-10-8(7-12)9(13)6-11(14)15-10/h6H,3-5H2,1-2H3,(H4,13,14,15). The lowest BCUT2D eigenvalue weighted by Crippen LogP contribution is -2.14. The van der Waals surface area contributed by atoms with Crippen LogP contribution in [0.15, 0.2) is 6.07 Å². The Bertz CT molecular complexity index is 406. The summed E-state index contributed by atoms with van der Waals surface area (Å²) >= 11 is 0. The summed E-state index contributed by atoms with van der Waals surface area (Å²) < 4.78 is 0. The number of rotatable bonds is 4. The van der Waals surface area contributed by atoms with Gasteiger partial charge in [-0.3, -0.25) is 0 Å². The zero-order valence-corrected chi connectivity index (χ0v) is 9.70. The van der Waals surface area contributed by atoms with Gasteiger partial charge in [0, 0.05) is 6.07 Å². The fourth-order valence-electron chi connectivity index (χ4n) is 1.51. The Morgan fingerprint density at radius 3 is 2.69 bits per heavy atom. The number of aryl methyl sites for hydroxylation is 1. The van der Waals surface area contributed by atoms with Crippen LogP contribution >= 0.6 is 0 Å². The van der Waals surface area contributed by atoms with Gasteiger partial charge in [-0.05, 0) is 33.5 Å². The maximum Gasteiger partial charge on any atom is 0.125 e. The predicted molar refractivity (Wildman–Crippen MR) is 64.7 cm³/mol. The number of pyridine rings is 1. The average Bonchev–Trinajstić information content (AvgIpc) is 2.16. The predicted octanol–water partition coefficient (Wildman–Crippen LogP) is 0.612. The van der Waals surface area contributed by atoms with Crippen molar-refractivity contribution in [2.75, 3.05) is 32.1 Å². The fourth-order valence-corrected chi connectivity index (χ4v) is 1.51. The van der Waals surface area contributed by atoms with Crippen molar-refractivity contribution < 1.29 is 0 Å². The van der Waals surface area contributed by atoms with E-state index in [0.29, 0.717) is 22.8 Å². The van der Waals surface area contributed by atoms with Gasteiger partial charge in [0.2, 0.25) is 0 Å². The lowest BCUT2D eigenvalue weighted by Gasteiger charge is -2.10. The number of anilines is 2. The van der Waals surface area contributed by atoms with Gasteiger partial charge >= 0.3 is 0 Å². The van der Waals surface area contributed by atoms with Crippen molar-refractivity contribution >= 4 is 11.5 Å². The van der Waals surface area contributed by atoms with E-state index in [1.54, 1.807) is 0 Å². The van der Waals surface area contributed by atoms with Crippen molar-refractivity contribution in [3.63, 3.8) is 0 Å². The van der Waals surface area contributed by atoms with Crippen LogP contribution in [-0.4, -0.2) is 30.5 Å². The lowest BCUT2D eigenvalue weighted by atomic mass is 10.1. The number of nitrogens with two attached hydrogens (primary N) is 2. The summed E-state index contributed by atoms with van der Waals surface area (Å²) in [4.78, 5) is 6.24. The van der Waals surface area contributed by atoms with Crippen LogP contribution in [0.3, 0.4) is 0 Å². The summed E-state index contributed by atoms with van der Waals surface area (Å²) in [6.45, 7) is 0.946. The molecule has 5 nitrogen and oxygen atoms in total. The molecule has 0 fully saturated rings. The van der Waals surface area contributed by atoms with Gasteiger partial charge in [0.1, 0.15) is 11.9 Å². The third-order valence-corrected chi connectivity index (χ3v) is 2.28. The quantitative estimate of drug-likeness (QED) is 0.774. The van der Waals surface area contributed by atoms with Crippen LogP contribution in [0, 0.1) is 11.3 Å². The highest BCUT2D eigenvalue weighted by Gasteiger charge is 2.09. The van der Waals surface area contributed by atoms with Gasteiger partial charge in [-0.25, -0.2) is 4.98 Å². The average molecular weight is 219 g/mol. The second-order valence-electron chi connectivity index (χ2n) is 3.98. The SMILES string of the molecule is CN(C)CCCc1nc(N)cc(N)c1C#N. The minimum Gasteiger partial charge on any atom is -0.397 e. The maximum atomic E-state index is 8.98. The summed E-state index contributed by atoms with van der Waals surface area (Å²) in [5, 5.41) is 8.98. The third-order valence-electron chi connectivity index (χ3n) is 2.28. The molecule has 0 aliphatic heterocycles. The molecule has 1 heterocycles. The van der Waals surface area contributed by atoms with Gasteiger partial charge in [-0.1, -0.05) is 0 Å². The number of aromatic nitrogens is 1. The molecule has 5 heteroatoms. The van der Waals surface area contributed by atoms with Gasteiger partial charge in [0.15, 0.2) is 0 Å². The van der Waals surface area contributed by atoms with Crippen molar-refractivity contribution in [1.29, 1.82) is 5.26 Å². The van der Waals surface area contributed by atoms with E-state index in [-0.39, 0.29) is 0 Å². The van der Waals surface area contributed by atoms with Gasteiger partial charge in [0.25, 0.3) is 0 Å². The highest BCUT2D eigenvalue weighted by Crippen LogP contribution is 2.18. The molecule has 0 spiro atoms. The second-order valence-corrected chi connectivity index (χ2v) is 3.98. The van der Waals surface area contributed by atoms with E-state index in [4.69, 9.17) is 16.7 Å². The molecule has 0 amide bonds. The summed E-state index contributed by atoms with van der Waals surface area (Å²) in [6.07, 6.45) is 1.65. The molecule has 0 aliphatic rings. The van der Waals surface area contributed by atoms with Crippen LogP contribution in [0.5, 0.6) is 0 Å². The Morgan fingerprint density at radius 2 is 2.12 bits per heavy atom. The number of hydrogen-bond donors (Lipinski definition) is 2. The largest absolute Gasteiger partial charge is 0.397 e. The lowest BCUT2D eigenvalue weighted by molar-refractivity contribution is 0.399. The molecule has 0 saturated heterocycles. The molecule has 16 heavy (non-hydrogen) atoms. The Labute approximate surface area is 95.7 Å². The Hall–Kier alpha value is -1.80. The Balaban J connectivity index is 2.82. The van der Waals surface area contributed by atoms with Crippen molar-refractivity contribution in [2.24, 2.45) is 0 Å². The molecule has 0 saturated carbocycles.